The molecule has 0 aliphatic heterocycles. The van der Waals surface area contributed by atoms with Crippen LogP contribution >= 0.6 is 19.9 Å². The molecule has 3 unspecified atom stereocenters. The normalized spacial score (nSPS) is 13.8. The Morgan fingerprint density at radius 3 is 2.74 bits per heavy atom. The highest BCUT2D eigenvalue weighted by molar-refractivity contribution is 7.83. The first-order valence-corrected chi connectivity index (χ1v) is 13.5. The summed E-state index contributed by atoms with van der Waals surface area (Å²) in [6, 6.07) is 16.3. The van der Waals surface area contributed by atoms with E-state index in [1.54, 1.807) is 12.6 Å². The predicted octanol–water partition coefficient (Wildman–Crippen LogP) is 4.44. The zero-order chi connectivity index (χ0) is 22.1. The lowest BCUT2D eigenvalue weighted by atomic mass is 10.1. The second-order valence-electron chi connectivity index (χ2n) is 7.57. The molecule has 2 aromatic heterocycles. The fourth-order valence-electron chi connectivity index (χ4n) is 3.72. The Kier molecular flexibility index (Phi) is 6.37. The van der Waals surface area contributed by atoms with Gasteiger partial charge in [0.2, 0.25) is 0 Å². The SMILES string of the molecule is Cc1ccccc1C(C)Pc1cc(-n2cnc3ccc(CS(C)=O)cc32)sc1C(N)=O. The molecule has 0 bridgehead atoms. The fourth-order valence-corrected chi connectivity index (χ4v) is 7.13. The highest BCUT2D eigenvalue weighted by atomic mass is 32.2. The Hall–Kier alpha value is -2.34. The molecule has 0 fully saturated rings. The minimum Gasteiger partial charge on any atom is -0.365 e. The first kappa shape index (κ1) is 21.9. The van der Waals surface area contributed by atoms with E-state index < -0.39 is 16.7 Å². The summed E-state index contributed by atoms with van der Waals surface area (Å²) < 4.78 is 13.6. The summed E-state index contributed by atoms with van der Waals surface area (Å²) in [6.07, 6.45) is 3.47. The van der Waals surface area contributed by atoms with Crippen molar-refractivity contribution in [1.82, 2.24) is 9.55 Å². The maximum Gasteiger partial charge on any atom is 0.259 e. The number of hydrogen-bond donors (Lipinski definition) is 1. The molecule has 2 heterocycles. The Bertz CT molecular complexity index is 1300. The van der Waals surface area contributed by atoms with E-state index in [2.05, 4.69) is 43.1 Å². The van der Waals surface area contributed by atoms with Crippen LogP contribution in [0.1, 0.15) is 38.9 Å². The Labute approximate surface area is 189 Å². The zero-order valence-electron chi connectivity index (χ0n) is 17.6. The summed E-state index contributed by atoms with van der Waals surface area (Å²) in [5.74, 6) is 0.0980. The Balaban J connectivity index is 1.73. The number of primary amides is 1. The number of nitrogens with two attached hydrogens (primary N) is 1. The zero-order valence-corrected chi connectivity index (χ0v) is 20.2. The van der Waals surface area contributed by atoms with Gasteiger partial charge in [0.15, 0.2) is 0 Å². The summed E-state index contributed by atoms with van der Waals surface area (Å²) in [4.78, 5) is 17.3. The minimum absolute atomic E-state index is 0.285. The molecule has 3 atom stereocenters. The highest BCUT2D eigenvalue weighted by Crippen LogP contribution is 2.38. The molecule has 4 rings (SSSR count). The fraction of sp³-hybridized carbons (Fsp3) is 0.217. The lowest BCUT2D eigenvalue weighted by molar-refractivity contribution is 0.100. The Morgan fingerprint density at radius 2 is 2.03 bits per heavy atom. The molecule has 31 heavy (non-hydrogen) atoms. The van der Waals surface area contributed by atoms with Crippen LogP contribution in [0, 0.1) is 6.92 Å². The molecular weight excluding hydrogens is 445 g/mol. The van der Waals surface area contributed by atoms with Gasteiger partial charge in [0.05, 0.1) is 11.0 Å². The maximum atomic E-state index is 12.2. The van der Waals surface area contributed by atoms with Gasteiger partial charge in [-0.1, -0.05) is 45.8 Å². The smallest absolute Gasteiger partial charge is 0.259 e. The van der Waals surface area contributed by atoms with Gasteiger partial charge in [0.1, 0.15) is 16.2 Å². The van der Waals surface area contributed by atoms with Gasteiger partial charge in [0, 0.05) is 28.5 Å². The molecule has 0 spiro atoms. The van der Waals surface area contributed by atoms with Gasteiger partial charge in [-0.25, -0.2) is 4.98 Å². The molecule has 5 nitrogen and oxygen atoms in total. The van der Waals surface area contributed by atoms with Crippen molar-refractivity contribution in [2.24, 2.45) is 5.73 Å². The number of amides is 1. The number of rotatable bonds is 7. The molecule has 0 saturated heterocycles. The molecule has 0 aliphatic carbocycles. The number of imidazole rings is 1. The molecule has 160 valence electrons. The second-order valence-corrected chi connectivity index (χ2v) is 11.7. The quantitative estimate of drug-likeness (QED) is 0.407. The van der Waals surface area contributed by atoms with Crippen molar-refractivity contribution in [3.8, 4) is 5.00 Å². The third kappa shape index (κ3) is 4.64. The van der Waals surface area contributed by atoms with Crippen molar-refractivity contribution in [2.75, 3.05) is 6.26 Å². The average molecular weight is 470 g/mol. The van der Waals surface area contributed by atoms with Crippen molar-refractivity contribution in [2.45, 2.75) is 25.3 Å². The maximum absolute atomic E-state index is 12.2. The van der Waals surface area contributed by atoms with Gasteiger partial charge in [-0.15, -0.1) is 11.3 Å². The summed E-state index contributed by atoms with van der Waals surface area (Å²) in [6.45, 7) is 4.30. The van der Waals surface area contributed by atoms with Crippen LogP contribution in [0.5, 0.6) is 0 Å². The summed E-state index contributed by atoms with van der Waals surface area (Å²) in [5, 5.41) is 1.89. The molecule has 8 heteroatoms. The molecule has 1 amide bonds. The monoisotopic (exact) mass is 469 g/mol. The molecule has 2 aromatic carbocycles. The standard InChI is InChI=1S/C23H24N3O2PS2/c1-14-6-4-5-7-17(14)15(2)29-20-11-21(30-22(20)23(24)27)26-13-25-18-9-8-16(10-19(18)26)12-31(3)28/h4-11,13,15,29H,12H2,1-3H3,(H2,24,27). The van der Waals surface area contributed by atoms with Gasteiger partial charge in [-0.2, -0.15) is 0 Å². The van der Waals surface area contributed by atoms with Crippen LogP contribution in [0.4, 0.5) is 0 Å². The number of aryl methyl sites for hydroxylation is 1. The minimum atomic E-state index is -0.918. The highest BCUT2D eigenvalue weighted by Gasteiger charge is 2.19. The van der Waals surface area contributed by atoms with Crippen LogP contribution in [0.25, 0.3) is 16.0 Å². The predicted molar refractivity (Wildman–Crippen MR) is 133 cm³/mol. The van der Waals surface area contributed by atoms with Gasteiger partial charge in [0.25, 0.3) is 5.91 Å². The third-order valence-electron chi connectivity index (χ3n) is 5.19. The molecular formula is C23H24N3O2PS2. The summed E-state index contributed by atoms with van der Waals surface area (Å²) in [5.41, 5.74) is 11.3. The van der Waals surface area contributed by atoms with E-state index in [4.69, 9.17) is 5.73 Å². The van der Waals surface area contributed by atoms with Gasteiger partial charge < -0.3 is 5.73 Å². The van der Waals surface area contributed by atoms with E-state index in [0.29, 0.717) is 19.2 Å². The molecule has 0 saturated carbocycles. The van der Waals surface area contributed by atoms with Crippen LogP contribution in [-0.2, 0) is 16.6 Å². The molecule has 0 radical (unpaired) electrons. The van der Waals surface area contributed by atoms with E-state index in [0.717, 1.165) is 26.9 Å². The molecule has 2 N–H and O–H groups in total. The summed E-state index contributed by atoms with van der Waals surface area (Å²) in [7, 11) is -0.492. The number of carbonyl (C=O) groups excluding carboxylic acids is 1. The first-order chi connectivity index (χ1) is 14.8. The van der Waals surface area contributed by atoms with Crippen molar-refractivity contribution < 1.29 is 9.00 Å². The lowest BCUT2D eigenvalue weighted by Crippen LogP contribution is -2.16. The first-order valence-electron chi connectivity index (χ1n) is 9.85. The second kappa shape index (κ2) is 9.03. The number of benzene rings is 2. The van der Waals surface area contributed by atoms with Crippen LogP contribution in [0.2, 0.25) is 0 Å². The van der Waals surface area contributed by atoms with E-state index in [1.807, 2.05) is 28.8 Å². The van der Waals surface area contributed by atoms with Gasteiger partial charge in [-0.05, 0) is 47.1 Å². The van der Waals surface area contributed by atoms with Gasteiger partial charge >= 0.3 is 0 Å². The number of carbonyl (C=O) groups is 1. The molecule has 0 aliphatic rings. The van der Waals surface area contributed by atoms with Crippen molar-refractivity contribution in [3.05, 3.63) is 76.4 Å². The van der Waals surface area contributed by atoms with Crippen LogP contribution in [0.3, 0.4) is 0 Å². The van der Waals surface area contributed by atoms with E-state index in [9.17, 15) is 9.00 Å². The molecule has 4 aromatic rings. The average Bonchev–Trinajstić information content (AvgIpc) is 3.31. The topological polar surface area (TPSA) is 78.0 Å². The van der Waals surface area contributed by atoms with Crippen LogP contribution in [-0.4, -0.2) is 25.9 Å². The summed E-state index contributed by atoms with van der Waals surface area (Å²) >= 11 is 1.40. The third-order valence-corrected chi connectivity index (χ3v) is 8.71. The number of aromatic nitrogens is 2. The van der Waals surface area contributed by atoms with Crippen molar-refractivity contribution in [3.63, 3.8) is 0 Å². The van der Waals surface area contributed by atoms with E-state index in [1.165, 1.54) is 22.5 Å². The van der Waals surface area contributed by atoms with E-state index in [-0.39, 0.29) is 5.66 Å². The van der Waals surface area contributed by atoms with Crippen molar-refractivity contribution >= 4 is 53.0 Å². The Morgan fingerprint density at radius 1 is 1.26 bits per heavy atom. The number of fused-ring (bicyclic) bond motifs is 1. The van der Waals surface area contributed by atoms with E-state index >= 15 is 0 Å². The largest absolute Gasteiger partial charge is 0.365 e. The van der Waals surface area contributed by atoms with Crippen LogP contribution < -0.4 is 11.0 Å². The number of hydrogen-bond acceptors (Lipinski definition) is 4. The van der Waals surface area contributed by atoms with Gasteiger partial charge in [-0.3, -0.25) is 13.6 Å². The van der Waals surface area contributed by atoms with Crippen molar-refractivity contribution in [1.29, 1.82) is 0 Å². The van der Waals surface area contributed by atoms with Crippen LogP contribution in [0.15, 0.2) is 54.9 Å². The number of thiophene rings is 1. The lowest BCUT2D eigenvalue weighted by Gasteiger charge is -2.14. The number of nitrogens with zero attached hydrogens (tertiary/aromatic N) is 2.